The van der Waals surface area contributed by atoms with Crippen LogP contribution in [0.1, 0.15) is 6.42 Å². The minimum absolute atomic E-state index is 0.258. The highest BCUT2D eigenvalue weighted by molar-refractivity contribution is 7.84. The molecule has 0 fully saturated rings. The number of nitrogens with one attached hydrogen (secondary N) is 1. The molecule has 0 radical (unpaired) electrons. The lowest BCUT2D eigenvalue weighted by atomic mass is 10.4. The van der Waals surface area contributed by atoms with Gasteiger partial charge in [-0.1, -0.05) is 11.6 Å². The maximum absolute atomic E-state index is 10.8. The van der Waals surface area contributed by atoms with Crippen molar-refractivity contribution in [3.05, 3.63) is 11.3 Å². The van der Waals surface area contributed by atoms with Gasteiger partial charge in [-0.3, -0.25) is 4.21 Å². The number of anilines is 2. The lowest BCUT2D eigenvalue weighted by Crippen LogP contribution is -2.08. The van der Waals surface area contributed by atoms with E-state index >= 15 is 0 Å². The summed E-state index contributed by atoms with van der Waals surface area (Å²) in [6, 6.07) is 0. The molecule has 7 heteroatoms. The first kappa shape index (κ1) is 12.2. The van der Waals surface area contributed by atoms with Crippen molar-refractivity contribution in [1.29, 1.82) is 0 Å². The molecule has 1 aromatic rings. The van der Waals surface area contributed by atoms with Gasteiger partial charge in [0.05, 0.1) is 0 Å². The molecule has 0 spiro atoms. The lowest BCUT2D eigenvalue weighted by Gasteiger charge is -2.06. The third kappa shape index (κ3) is 4.01. The van der Waals surface area contributed by atoms with Gasteiger partial charge in [-0.2, -0.15) is 0 Å². The van der Waals surface area contributed by atoms with Crippen LogP contribution in [0.15, 0.2) is 6.33 Å². The van der Waals surface area contributed by atoms with Crippen LogP contribution in [0.5, 0.6) is 0 Å². The summed E-state index contributed by atoms with van der Waals surface area (Å²) in [4.78, 5) is 7.69. The van der Waals surface area contributed by atoms with Crippen molar-refractivity contribution in [2.24, 2.45) is 0 Å². The van der Waals surface area contributed by atoms with Gasteiger partial charge in [-0.25, -0.2) is 9.97 Å². The molecule has 0 aromatic carbocycles. The van der Waals surface area contributed by atoms with E-state index in [0.29, 0.717) is 23.1 Å². The largest absolute Gasteiger partial charge is 0.382 e. The van der Waals surface area contributed by atoms with Gasteiger partial charge in [-0.05, 0) is 6.42 Å². The van der Waals surface area contributed by atoms with E-state index in [0.717, 1.165) is 6.42 Å². The van der Waals surface area contributed by atoms with E-state index in [4.69, 9.17) is 17.3 Å². The first-order chi connectivity index (χ1) is 7.11. The Morgan fingerprint density at radius 2 is 2.33 bits per heavy atom. The summed E-state index contributed by atoms with van der Waals surface area (Å²) in [6.45, 7) is 0.662. The van der Waals surface area contributed by atoms with Crippen molar-refractivity contribution >= 4 is 34.0 Å². The minimum atomic E-state index is -0.764. The van der Waals surface area contributed by atoms with Crippen molar-refractivity contribution in [2.75, 3.05) is 29.6 Å². The van der Waals surface area contributed by atoms with Gasteiger partial charge in [0, 0.05) is 29.4 Å². The van der Waals surface area contributed by atoms with Crippen LogP contribution < -0.4 is 11.1 Å². The van der Waals surface area contributed by atoms with Crippen LogP contribution in [-0.2, 0) is 10.8 Å². The summed E-state index contributed by atoms with van der Waals surface area (Å²) in [5, 5.41) is 3.34. The van der Waals surface area contributed by atoms with Crippen LogP contribution in [0, 0.1) is 0 Å². The number of aromatic nitrogens is 2. The highest BCUT2D eigenvalue weighted by Crippen LogP contribution is 2.22. The van der Waals surface area contributed by atoms with Crippen LogP contribution in [0.25, 0.3) is 0 Å². The molecule has 0 saturated carbocycles. The molecule has 15 heavy (non-hydrogen) atoms. The predicted molar refractivity (Wildman–Crippen MR) is 63.5 cm³/mol. The molecule has 0 aliphatic rings. The van der Waals surface area contributed by atoms with Crippen LogP contribution >= 0.6 is 11.6 Å². The molecule has 0 aliphatic heterocycles. The molecule has 3 N–H and O–H groups in total. The second-order valence-corrected chi connectivity index (χ2v) is 4.91. The zero-order chi connectivity index (χ0) is 11.3. The highest BCUT2D eigenvalue weighted by atomic mass is 35.5. The first-order valence-corrected chi connectivity index (χ1v) is 6.51. The normalized spacial score (nSPS) is 12.4. The zero-order valence-electron chi connectivity index (χ0n) is 8.36. The Morgan fingerprint density at radius 3 is 3.00 bits per heavy atom. The number of rotatable bonds is 5. The molecule has 1 unspecified atom stereocenters. The first-order valence-electron chi connectivity index (χ1n) is 4.41. The summed E-state index contributed by atoms with van der Waals surface area (Å²) in [5.41, 5.74) is 5.50. The zero-order valence-corrected chi connectivity index (χ0v) is 9.94. The fourth-order valence-corrected chi connectivity index (χ4v) is 1.70. The summed E-state index contributed by atoms with van der Waals surface area (Å²) in [7, 11) is -0.764. The lowest BCUT2D eigenvalue weighted by molar-refractivity contribution is 0.685. The Hall–Kier alpha value is -0.880. The average molecular weight is 249 g/mol. The standard InChI is InChI=1S/C8H13ClN4OS/c1-15(14)4-2-3-11-8-6(9)7(10)12-5-13-8/h5H,2-4H2,1H3,(H3,10,11,12,13). The van der Waals surface area contributed by atoms with E-state index in [9.17, 15) is 4.21 Å². The fraction of sp³-hybridized carbons (Fsp3) is 0.500. The molecule has 0 saturated heterocycles. The SMILES string of the molecule is CS(=O)CCCNc1ncnc(N)c1Cl. The Balaban J connectivity index is 2.44. The molecule has 0 amide bonds. The van der Waals surface area contributed by atoms with E-state index in [1.165, 1.54) is 6.33 Å². The van der Waals surface area contributed by atoms with Crippen LogP contribution in [0.4, 0.5) is 11.6 Å². The quantitative estimate of drug-likeness (QED) is 0.757. The Kier molecular flexibility index (Phi) is 4.77. The number of hydrogen-bond acceptors (Lipinski definition) is 5. The molecule has 1 aromatic heterocycles. The van der Waals surface area contributed by atoms with E-state index in [2.05, 4.69) is 15.3 Å². The van der Waals surface area contributed by atoms with E-state index < -0.39 is 10.8 Å². The van der Waals surface area contributed by atoms with E-state index in [-0.39, 0.29) is 5.82 Å². The topological polar surface area (TPSA) is 80.9 Å². The summed E-state index contributed by atoms with van der Waals surface area (Å²) in [5.74, 6) is 1.44. The molecule has 1 heterocycles. The van der Waals surface area contributed by atoms with Gasteiger partial charge in [-0.15, -0.1) is 0 Å². The Bertz CT molecular complexity index is 360. The second kappa shape index (κ2) is 5.87. The fourth-order valence-electron chi connectivity index (χ4n) is 0.989. The van der Waals surface area contributed by atoms with Gasteiger partial charge >= 0.3 is 0 Å². The minimum Gasteiger partial charge on any atom is -0.382 e. The Labute approximate surface area is 95.9 Å². The number of nitrogens with two attached hydrogens (primary N) is 1. The maximum Gasteiger partial charge on any atom is 0.150 e. The van der Waals surface area contributed by atoms with Gasteiger partial charge in [0.15, 0.2) is 0 Å². The monoisotopic (exact) mass is 248 g/mol. The average Bonchev–Trinajstić information content (AvgIpc) is 2.18. The number of halogens is 1. The van der Waals surface area contributed by atoms with E-state index in [1.54, 1.807) is 6.26 Å². The Morgan fingerprint density at radius 1 is 1.60 bits per heavy atom. The van der Waals surface area contributed by atoms with Crippen LogP contribution in [0.3, 0.4) is 0 Å². The number of hydrogen-bond donors (Lipinski definition) is 2. The van der Waals surface area contributed by atoms with Gasteiger partial charge < -0.3 is 11.1 Å². The van der Waals surface area contributed by atoms with Gasteiger partial charge in [0.2, 0.25) is 0 Å². The molecule has 0 bridgehead atoms. The molecular weight excluding hydrogens is 236 g/mol. The van der Waals surface area contributed by atoms with Crippen molar-refractivity contribution in [3.63, 3.8) is 0 Å². The maximum atomic E-state index is 10.8. The second-order valence-electron chi connectivity index (χ2n) is 2.98. The third-order valence-electron chi connectivity index (χ3n) is 1.72. The summed E-state index contributed by atoms with van der Waals surface area (Å²) >= 11 is 5.86. The van der Waals surface area contributed by atoms with Crippen LogP contribution in [0.2, 0.25) is 5.02 Å². The van der Waals surface area contributed by atoms with Crippen molar-refractivity contribution in [3.8, 4) is 0 Å². The molecule has 1 atom stereocenters. The smallest absolute Gasteiger partial charge is 0.150 e. The van der Waals surface area contributed by atoms with Crippen LogP contribution in [-0.4, -0.2) is 32.7 Å². The molecular formula is C8H13ClN4OS. The van der Waals surface area contributed by atoms with Gasteiger partial charge in [0.25, 0.3) is 0 Å². The van der Waals surface area contributed by atoms with Gasteiger partial charge in [0.1, 0.15) is 23.0 Å². The highest BCUT2D eigenvalue weighted by Gasteiger charge is 2.04. The number of nitrogen functional groups attached to an aromatic ring is 1. The predicted octanol–water partition coefficient (Wildman–Crippen LogP) is 0.893. The molecule has 84 valence electrons. The number of nitrogens with zero attached hydrogens (tertiary/aromatic N) is 2. The summed E-state index contributed by atoms with van der Waals surface area (Å²) < 4.78 is 10.8. The van der Waals surface area contributed by atoms with Crippen molar-refractivity contribution in [1.82, 2.24) is 9.97 Å². The molecule has 5 nitrogen and oxygen atoms in total. The molecule has 1 rings (SSSR count). The third-order valence-corrected chi connectivity index (χ3v) is 2.95. The molecule has 0 aliphatic carbocycles. The van der Waals surface area contributed by atoms with E-state index in [1.807, 2.05) is 0 Å². The summed E-state index contributed by atoms with van der Waals surface area (Å²) in [6.07, 6.45) is 3.82. The van der Waals surface area contributed by atoms with Crippen molar-refractivity contribution in [2.45, 2.75) is 6.42 Å². The van der Waals surface area contributed by atoms with Crippen molar-refractivity contribution < 1.29 is 4.21 Å².